The molecule has 3 rings (SSSR count). The molecule has 0 saturated heterocycles. The first-order valence-corrected chi connectivity index (χ1v) is 7.93. The molecule has 3 unspecified atom stereocenters. The summed E-state index contributed by atoms with van der Waals surface area (Å²) in [7, 11) is 0. The van der Waals surface area contributed by atoms with Crippen LogP contribution in [0.15, 0.2) is 24.3 Å². The van der Waals surface area contributed by atoms with Crippen LogP contribution in [0, 0.1) is 11.7 Å². The van der Waals surface area contributed by atoms with Crippen LogP contribution in [-0.2, 0) is 0 Å². The summed E-state index contributed by atoms with van der Waals surface area (Å²) in [6.07, 6.45) is 7.72. The summed E-state index contributed by atoms with van der Waals surface area (Å²) >= 11 is 0. The maximum atomic E-state index is 13.1. The average molecular weight is 277 g/mol. The standard InChI is InChI=1S/C17H24FNO/c18-14-10-8-13(9-11-14)17(12-6-7-12)19-15-4-2-1-3-5-16(15)20/h8-12,15-17,19-20H,1-7H2. The minimum absolute atomic E-state index is 0.183. The zero-order chi connectivity index (χ0) is 13.9. The van der Waals surface area contributed by atoms with E-state index in [4.69, 9.17) is 0 Å². The molecule has 0 heterocycles. The van der Waals surface area contributed by atoms with Crippen molar-refractivity contribution in [1.29, 1.82) is 0 Å². The Hall–Kier alpha value is -0.930. The van der Waals surface area contributed by atoms with Crippen LogP contribution in [0.3, 0.4) is 0 Å². The molecule has 0 amide bonds. The van der Waals surface area contributed by atoms with E-state index in [0.29, 0.717) is 5.92 Å². The van der Waals surface area contributed by atoms with Crippen molar-refractivity contribution in [3.8, 4) is 0 Å². The van der Waals surface area contributed by atoms with Gasteiger partial charge >= 0.3 is 0 Å². The summed E-state index contributed by atoms with van der Waals surface area (Å²) in [5.41, 5.74) is 1.16. The summed E-state index contributed by atoms with van der Waals surface area (Å²) in [6, 6.07) is 7.30. The van der Waals surface area contributed by atoms with Crippen LogP contribution in [0.5, 0.6) is 0 Å². The van der Waals surface area contributed by atoms with Gasteiger partial charge in [-0.2, -0.15) is 0 Å². The minimum Gasteiger partial charge on any atom is -0.392 e. The summed E-state index contributed by atoms with van der Waals surface area (Å²) in [5, 5.41) is 13.9. The maximum absolute atomic E-state index is 13.1. The molecule has 0 radical (unpaired) electrons. The number of nitrogens with one attached hydrogen (secondary N) is 1. The van der Waals surface area contributed by atoms with Crippen molar-refractivity contribution in [2.45, 2.75) is 63.1 Å². The monoisotopic (exact) mass is 277 g/mol. The van der Waals surface area contributed by atoms with Crippen LogP contribution < -0.4 is 5.32 Å². The van der Waals surface area contributed by atoms with Crippen LogP contribution in [0.1, 0.15) is 56.6 Å². The first-order valence-electron chi connectivity index (χ1n) is 7.93. The molecule has 0 bridgehead atoms. The highest BCUT2D eigenvalue weighted by atomic mass is 19.1. The van der Waals surface area contributed by atoms with Crippen LogP contribution in [0.2, 0.25) is 0 Å². The lowest BCUT2D eigenvalue weighted by Gasteiger charge is -2.28. The van der Waals surface area contributed by atoms with Gasteiger partial charge in [-0.15, -0.1) is 0 Å². The fraction of sp³-hybridized carbons (Fsp3) is 0.647. The summed E-state index contributed by atoms with van der Waals surface area (Å²) in [5.74, 6) is 0.466. The van der Waals surface area contributed by atoms with Gasteiger partial charge in [0.05, 0.1) is 6.10 Å². The number of hydrogen-bond donors (Lipinski definition) is 2. The van der Waals surface area contributed by atoms with E-state index in [1.54, 1.807) is 0 Å². The highest BCUT2D eigenvalue weighted by molar-refractivity contribution is 5.22. The van der Waals surface area contributed by atoms with Gasteiger partial charge in [0, 0.05) is 12.1 Å². The summed E-state index contributed by atoms with van der Waals surface area (Å²) in [4.78, 5) is 0. The van der Waals surface area contributed by atoms with Crippen molar-refractivity contribution in [2.75, 3.05) is 0 Å². The molecule has 0 spiro atoms. The van der Waals surface area contributed by atoms with Crippen molar-refractivity contribution in [3.63, 3.8) is 0 Å². The molecule has 20 heavy (non-hydrogen) atoms. The highest BCUT2D eigenvalue weighted by Crippen LogP contribution is 2.41. The van der Waals surface area contributed by atoms with Crippen LogP contribution in [-0.4, -0.2) is 17.3 Å². The molecule has 2 nitrogen and oxygen atoms in total. The Balaban J connectivity index is 1.72. The molecule has 2 fully saturated rings. The molecule has 1 aromatic carbocycles. The summed E-state index contributed by atoms with van der Waals surface area (Å²) in [6.45, 7) is 0. The first kappa shape index (κ1) is 14.0. The zero-order valence-electron chi connectivity index (χ0n) is 11.9. The Kier molecular flexibility index (Phi) is 4.37. The SMILES string of the molecule is OC1CCCCCC1NC(c1ccc(F)cc1)C1CC1. The van der Waals surface area contributed by atoms with Gasteiger partial charge in [0.25, 0.3) is 0 Å². The lowest BCUT2D eigenvalue weighted by molar-refractivity contribution is 0.111. The Morgan fingerprint density at radius 3 is 2.40 bits per heavy atom. The number of halogens is 1. The number of benzene rings is 1. The molecule has 2 aliphatic carbocycles. The van der Waals surface area contributed by atoms with E-state index < -0.39 is 0 Å². The van der Waals surface area contributed by atoms with E-state index in [2.05, 4.69) is 5.32 Å². The predicted octanol–water partition coefficient (Wildman–Crippen LogP) is 3.56. The molecule has 2 N–H and O–H groups in total. The van der Waals surface area contributed by atoms with E-state index in [1.807, 2.05) is 12.1 Å². The Bertz CT molecular complexity index is 429. The fourth-order valence-corrected chi connectivity index (χ4v) is 3.32. The van der Waals surface area contributed by atoms with Crippen LogP contribution in [0.4, 0.5) is 4.39 Å². The van der Waals surface area contributed by atoms with Gasteiger partial charge in [-0.25, -0.2) is 4.39 Å². The second-order valence-corrected chi connectivity index (χ2v) is 6.35. The molecular formula is C17H24FNO. The maximum Gasteiger partial charge on any atom is 0.123 e. The average Bonchev–Trinajstić information content (AvgIpc) is 3.27. The topological polar surface area (TPSA) is 32.3 Å². The van der Waals surface area contributed by atoms with Gasteiger partial charge in [0.15, 0.2) is 0 Å². The van der Waals surface area contributed by atoms with Crippen molar-refractivity contribution in [3.05, 3.63) is 35.6 Å². The number of aliphatic hydroxyl groups is 1. The number of aliphatic hydroxyl groups excluding tert-OH is 1. The van der Waals surface area contributed by atoms with Crippen LogP contribution in [0.25, 0.3) is 0 Å². The van der Waals surface area contributed by atoms with Gasteiger partial charge < -0.3 is 10.4 Å². The third-order valence-corrected chi connectivity index (χ3v) is 4.70. The molecule has 0 aliphatic heterocycles. The van der Waals surface area contributed by atoms with E-state index >= 15 is 0 Å². The van der Waals surface area contributed by atoms with Crippen molar-refractivity contribution in [2.24, 2.45) is 5.92 Å². The largest absolute Gasteiger partial charge is 0.392 e. The lowest BCUT2D eigenvalue weighted by Crippen LogP contribution is -2.42. The molecule has 1 aromatic rings. The van der Waals surface area contributed by atoms with Crippen molar-refractivity contribution >= 4 is 0 Å². The van der Waals surface area contributed by atoms with Gasteiger partial charge in [0.1, 0.15) is 5.82 Å². The van der Waals surface area contributed by atoms with Gasteiger partial charge in [0.2, 0.25) is 0 Å². The molecule has 0 aromatic heterocycles. The Morgan fingerprint density at radius 1 is 1.00 bits per heavy atom. The Labute approximate surface area is 120 Å². The Morgan fingerprint density at radius 2 is 1.70 bits per heavy atom. The van der Waals surface area contributed by atoms with E-state index in [0.717, 1.165) is 24.8 Å². The van der Waals surface area contributed by atoms with Crippen molar-refractivity contribution in [1.82, 2.24) is 5.32 Å². The van der Waals surface area contributed by atoms with Gasteiger partial charge in [-0.05, 0) is 49.3 Å². The van der Waals surface area contributed by atoms with Gasteiger partial charge in [-0.3, -0.25) is 0 Å². The second kappa shape index (κ2) is 6.23. The fourth-order valence-electron chi connectivity index (χ4n) is 3.32. The zero-order valence-corrected chi connectivity index (χ0v) is 11.9. The van der Waals surface area contributed by atoms with Crippen molar-refractivity contribution < 1.29 is 9.50 Å². The third-order valence-electron chi connectivity index (χ3n) is 4.70. The van der Waals surface area contributed by atoms with E-state index in [1.165, 1.54) is 37.8 Å². The smallest absolute Gasteiger partial charge is 0.123 e. The summed E-state index contributed by atoms with van der Waals surface area (Å²) < 4.78 is 13.1. The molecule has 110 valence electrons. The van der Waals surface area contributed by atoms with E-state index in [9.17, 15) is 9.50 Å². The molecular weight excluding hydrogens is 253 g/mol. The van der Waals surface area contributed by atoms with Crippen LogP contribution >= 0.6 is 0 Å². The highest BCUT2D eigenvalue weighted by Gasteiger charge is 2.35. The number of rotatable bonds is 4. The molecule has 2 aliphatic rings. The third kappa shape index (κ3) is 3.39. The lowest BCUT2D eigenvalue weighted by atomic mass is 9.98. The quantitative estimate of drug-likeness (QED) is 0.825. The molecule has 3 heteroatoms. The van der Waals surface area contributed by atoms with Gasteiger partial charge in [-0.1, -0.05) is 31.4 Å². The minimum atomic E-state index is -0.237. The molecule has 2 saturated carbocycles. The normalized spacial score (nSPS) is 28.9. The first-order chi connectivity index (χ1) is 9.74. The predicted molar refractivity (Wildman–Crippen MR) is 77.9 cm³/mol. The second-order valence-electron chi connectivity index (χ2n) is 6.35. The molecule has 3 atom stereocenters. The number of hydrogen-bond acceptors (Lipinski definition) is 2. The van der Waals surface area contributed by atoms with E-state index in [-0.39, 0.29) is 24.0 Å².